The van der Waals surface area contributed by atoms with Gasteiger partial charge in [-0.15, -0.1) is 10.2 Å². The minimum atomic E-state index is 0.0508. The second-order valence-electron chi connectivity index (χ2n) is 7.78. The fourth-order valence-electron chi connectivity index (χ4n) is 4.44. The van der Waals surface area contributed by atoms with Crippen molar-refractivity contribution in [2.75, 3.05) is 18.0 Å². The third-order valence-electron chi connectivity index (χ3n) is 6.00. The largest absolute Gasteiger partial charge is 0.340 e. The molecule has 1 aliphatic rings. The first-order valence-corrected chi connectivity index (χ1v) is 10.5. The lowest BCUT2D eigenvalue weighted by Crippen LogP contribution is -2.38. The molecule has 2 aromatic carbocycles. The molecule has 2 aromatic heterocycles. The number of imidazole rings is 1. The van der Waals surface area contributed by atoms with Crippen molar-refractivity contribution in [3.63, 3.8) is 0 Å². The van der Waals surface area contributed by atoms with E-state index in [1.807, 2.05) is 67.1 Å². The molecule has 1 fully saturated rings. The van der Waals surface area contributed by atoms with Crippen LogP contribution in [0.4, 0.5) is 5.95 Å². The van der Waals surface area contributed by atoms with Gasteiger partial charge in [0.05, 0.1) is 16.7 Å². The number of fused-ring (bicyclic) bond motifs is 1. The maximum absolute atomic E-state index is 12.9. The Labute approximate surface area is 179 Å². The van der Waals surface area contributed by atoms with Gasteiger partial charge in [-0.2, -0.15) is 0 Å². The molecule has 0 bridgehead atoms. The monoisotopic (exact) mass is 422 g/mol. The van der Waals surface area contributed by atoms with E-state index in [0.29, 0.717) is 5.02 Å². The topological polar surface area (TPSA) is 60.9 Å². The molecule has 0 unspecified atom stereocenters. The third kappa shape index (κ3) is 3.01. The van der Waals surface area contributed by atoms with Crippen molar-refractivity contribution in [2.45, 2.75) is 25.8 Å². The predicted molar refractivity (Wildman–Crippen MR) is 119 cm³/mol. The minimum Gasteiger partial charge on any atom is -0.340 e. The van der Waals surface area contributed by atoms with Gasteiger partial charge in [0.25, 0.3) is 0 Å². The minimum absolute atomic E-state index is 0.0508. The molecule has 0 spiro atoms. The number of hydrogen-bond acceptors (Lipinski definition) is 4. The van der Waals surface area contributed by atoms with Crippen LogP contribution in [-0.2, 0) is 7.05 Å². The summed E-state index contributed by atoms with van der Waals surface area (Å²) in [5.41, 5.74) is 3.02. The Morgan fingerprint density at radius 2 is 1.63 bits per heavy atom. The highest BCUT2D eigenvalue weighted by Crippen LogP contribution is 2.29. The molecule has 4 aromatic rings. The van der Waals surface area contributed by atoms with Gasteiger partial charge in [-0.1, -0.05) is 23.7 Å². The molecule has 30 heavy (non-hydrogen) atoms. The summed E-state index contributed by atoms with van der Waals surface area (Å²) in [6.45, 7) is 3.58. The standard InChI is InChI=1S/C22H23ClN6O/c1-15-24-25-21(28(15)17-9-7-16(23)8-10-17)27-13-11-18(12-14-27)29-20-6-4-3-5-19(20)26(2)22(29)30/h3-10,18H,11-14H2,1-2H3. The number of aromatic nitrogens is 5. The van der Waals surface area contributed by atoms with E-state index in [1.54, 1.807) is 4.57 Å². The van der Waals surface area contributed by atoms with Crippen molar-refractivity contribution in [1.29, 1.82) is 0 Å². The first-order chi connectivity index (χ1) is 14.5. The molecule has 1 saturated heterocycles. The average Bonchev–Trinajstić information content (AvgIpc) is 3.27. The zero-order valence-electron chi connectivity index (χ0n) is 17.0. The number of hydrogen-bond donors (Lipinski definition) is 0. The lowest BCUT2D eigenvalue weighted by molar-refractivity contribution is 0.390. The van der Waals surface area contributed by atoms with Crippen LogP contribution >= 0.6 is 11.6 Å². The van der Waals surface area contributed by atoms with Gasteiger partial charge in [0.15, 0.2) is 0 Å². The van der Waals surface area contributed by atoms with E-state index in [9.17, 15) is 4.79 Å². The molecule has 0 saturated carbocycles. The number of halogens is 1. The first-order valence-electron chi connectivity index (χ1n) is 10.1. The van der Waals surface area contributed by atoms with Crippen molar-refractivity contribution >= 4 is 28.6 Å². The fourth-order valence-corrected chi connectivity index (χ4v) is 4.57. The zero-order chi connectivity index (χ0) is 20.8. The molecule has 0 aliphatic carbocycles. The Hall–Kier alpha value is -3.06. The number of benzene rings is 2. The van der Waals surface area contributed by atoms with Crippen LogP contribution in [0.1, 0.15) is 24.7 Å². The Morgan fingerprint density at radius 1 is 0.967 bits per heavy atom. The van der Waals surface area contributed by atoms with Gasteiger partial charge in [0, 0.05) is 31.2 Å². The van der Waals surface area contributed by atoms with Gasteiger partial charge < -0.3 is 4.90 Å². The molecule has 8 heteroatoms. The molecule has 3 heterocycles. The molecule has 5 rings (SSSR count). The molecule has 0 atom stereocenters. The number of para-hydroxylation sites is 2. The van der Waals surface area contributed by atoms with Crippen molar-refractivity contribution in [1.82, 2.24) is 23.9 Å². The molecule has 0 radical (unpaired) electrons. The van der Waals surface area contributed by atoms with Crippen molar-refractivity contribution in [2.24, 2.45) is 7.05 Å². The molecule has 7 nitrogen and oxygen atoms in total. The number of piperidine rings is 1. The van der Waals surface area contributed by atoms with Crippen LogP contribution in [0.3, 0.4) is 0 Å². The van der Waals surface area contributed by atoms with E-state index in [2.05, 4.69) is 19.7 Å². The number of aryl methyl sites for hydroxylation is 2. The highest BCUT2D eigenvalue weighted by Gasteiger charge is 2.27. The lowest BCUT2D eigenvalue weighted by Gasteiger charge is -2.33. The summed E-state index contributed by atoms with van der Waals surface area (Å²) in [6.07, 6.45) is 1.75. The van der Waals surface area contributed by atoms with Crippen LogP contribution in [0, 0.1) is 6.92 Å². The van der Waals surface area contributed by atoms with Gasteiger partial charge in [0.2, 0.25) is 5.95 Å². The van der Waals surface area contributed by atoms with Crippen molar-refractivity contribution < 1.29 is 0 Å². The van der Waals surface area contributed by atoms with Crippen LogP contribution < -0.4 is 10.6 Å². The first kappa shape index (κ1) is 18.9. The van der Waals surface area contributed by atoms with Gasteiger partial charge in [-0.3, -0.25) is 13.7 Å². The van der Waals surface area contributed by atoms with Gasteiger partial charge >= 0.3 is 5.69 Å². The Balaban J connectivity index is 1.42. The Morgan fingerprint density at radius 3 is 2.33 bits per heavy atom. The van der Waals surface area contributed by atoms with Gasteiger partial charge in [-0.25, -0.2) is 4.79 Å². The van der Waals surface area contributed by atoms with Crippen LogP contribution in [0.25, 0.3) is 16.7 Å². The van der Waals surface area contributed by atoms with Crippen LogP contribution in [0.15, 0.2) is 53.3 Å². The molecule has 0 amide bonds. The second-order valence-corrected chi connectivity index (χ2v) is 8.21. The number of nitrogens with zero attached hydrogens (tertiary/aromatic N) is 6. The molecular formula is C22H23ClN6O. The van der Waals surface area contributed by atoms with Gasteiger partial charge in [0.1, 0.15) is 5.82 Å². The van der Waals surface area contributed by atoms with E-state index in [4.69, 9.17) is 11.6 Å². The molecular weight excluding hydrogens is 400 g/mol. The quantitative estimate of drug-likeness (QED) is 0.504. The van der Waals surface area contributed by atoms with Crippen LogP contribution in [0.5, 0.6) is 0 Å². The lowest BCUT2D eigenvalue weighted by atomic mass is 10.0. The summed E-state index contributed by atoms with van der Waals surface area (Å²) in [6, 6.07) is 15.9. The average molecular weight is 423 g/mol. The summed E-state index contributed by atoms with van der Waals surface area (Å²) in [5.74, 6) is 1.67. The van der Waals surface area contributed by atoms with Crippen LogP contribution in [-0.4, -0.2) is 37.0 Å². The van der Waals surface area contributed by atoms with Gasteiger partial charge in [-0.05, 0) is 56.2 Å². The van der Waals surface area contributed by atoms with E-state index in [-0.39, 0.29) is 11.7 Å². The summed E-state index contributed by atoms with van der Waals surface area (Å²) >= 11 is 6.05. The second kappa shape index (κ2) is 7.32. The third-order valence-corrected chi connectivity index (χ3v) is 6.25. The van der Waals surface area contributed by atoms with Crippen molar-refractivity contribution in [3.05, 3.63) is 69.9 Å². The Kier molecular flexibility index (Phi) is 4.62. The van der Waals surface area contributed by atoms with E-state index in [0.717, 1.165) is 54.4 Å². The smallest absolute Gasteiger partial charge is 0.329 e. The summed E-state index contributed by atoms with van der Waals surface area (Å²) in [4.78, 5) is 15.1. The van der Waals surface area contributed by atoms with E-state index in [1.165, 1.54) is 0 Å². The Bertz CT molecular complexity index is 1260. The fraction of sp³-hybridized carbons (Fsp3) is 0.318. The maximum atomic E-state index is 12.9. The number of rotatable bonds is 3. The summed E-state index contributed by atoms with van der Waals surface area (Å²) < 4.78 is 5.75. The summed E-state index contributed by atoms with van der Waals surface area (Å²) in [7, 11) is 1.84. The highest BCUT2D eigenvalue weighted by atomic mass is 35.5. The normalized spacial score (nSPS) is 15.2. The summed E-state index contributed by atoms with van der Waals surface area (Å²) in [5, 5.41) is 9.45. The zero-order valence-corrected chi connectivity index (χ0v) is 17.8. The SMILES string of the molecule is Cc1nnc(N2CCC(n3c(=O)n(C)c4ccccc43)CC2)n1-c1ccc(Cl)cc1. The molecule has 154 valence electrons. The van der Waals surface area contributed by atoms with E-state index >= 15 is 0 Å². The maximum Gasteiger partial charge on any atom is 0.329 e. The van der Waals surface area contributed by atoms with Crippen molar-refractivity contribution in [3.8, 4) is 5.69 Å². The van der Waals surface area contributed by atoms with Crippen LogP contribution in [0.2, 0.25) is 5.02 Å². The molecule has 1 aliphatic heterocycles. The van der Waals surface area contributed by atoms with E-state index < -0.39 is 0 Å². The highest BCUT2D eigenvalue weighted by molar-refractivity contribution is 6.30. The molecule has 0 N–H and O–H groups in total. The number of anilines is 1. The predicted octanol–water partition coefficient (Wildman–Crippen LogP) is 3.72.